The maximum absolute atomic E-state index is 11.8. The van der Waals surface area contributed by atoms with E-state index in [1.54, 1.807) is 0 Å². The van der Waals surface area contributed by atoms with Gasteiger partial charge < -0.3 is 10.6 Å². The van der Waals surface area contributed by atoms with Crippen LogP contribution in [0.15, 0.2) is 0 Å². The van der Waals surface area contributed by atoms with E-state index in [9.17, 15) is 18.0 Å². The summed E-state index contributed by atoms with van der Waals surface area (Å²) in [4.78, 5) is 13.5. The van der Waals surface area contributed by atoms with Crippen LogP contribution in [-0.2, 0) is 4.79 Å². The van der Waals surface area contributed by atoms with Gasteiger partial charge in [-0.2, -0.15) is 13.2 Å². The van der Waals surface area contributed by atoms with E-state index in [2.05, 4.69) is 43.2 Å². The largest absolute Gasteiger partial charge is 0.401 e. The van der Waals surface area contributed by atoms with Crippen molar-refractivity contribution in [2.24, 2.45) is 0 Å². The summed E-state index contributed by atoms with van der Waals surface area (Å²) in [6.07, 6.45) is -4.29. The molecule has 2 N–H and O–H groups in total. The average molecular weight is 283 g/mol. The number of hydrogen-bond acceptors (Lipinski definition) is 3. The van der Waals surface area contributed by atoms with Crippen molar-refractivity contribution in [1.29, 1.82) is 0 Å². The quantitative estimate of drug-likeness (QED) is 0.707. The topological polar surface area (TPSA) is 44.4 Å². The van der Waals surface area contributed by atoms with Gasteiger partial charge in [-0.05, 0) is 27.7 Å². The van der Waals surface area contributed by atoms with E-state index in [0.29, 0.717) is 25.2 Å². The predicted molar refractivity (Wildman–Crippen MR) is 68.9 cm³/mol. The fourth-order valence-corrected chi connectivity index (χ4v) is 1.82. The fraction of sp³-hybridized carbons (Fsp3) is 0.917. The third-order valence-corrected chi connectivity index (χ3v) is 2.63. The zero-order valence-electron chi connectivity index (χ0n) is 12.0. The van der Waals surface area contributed by atoms with Crippen molar-refractivity contribution in [2.75, 3.05) is 26.2 Å². The molecule has 0 aromatic rings. The predicted octanol–water partition coefficient (Wildman–Crippen LogP) is 1.37. The molecule has 114 valence electrons. The Hall–Kier alpha value is -0.820. The van der Waals surface area contributed by atoms with Crippen LogP contribution in [0.4, 0.5) is 13.2 Å². The summed E-state index contributed by atoms with van der Waals surface area (Å²) in [6, 6.07) is 0.723. The SMILES string of the molecule is CC(C)N(CCNC(=O)CNCC(F)(F)F)C(C)C. The standard InChI is InChI=1S/C12H24F3N3O/c1-9(2)18(10(3)4)6-5-17-11(19)7-16-8-12(13,14)15/h9-10,16H,5-8H2,1-4H3,(H,17,19). The van der Waals surface area contributed by atoms with Gasteiger partial charge >= 0.3 is 6.18 Å². The number of carbonyl (C=O) groups excluding carboxylic acids is 1. The number of carbonyl (C=O) groups is 1. The van der Waals surface area contributed by atoms with Gasteiger partial charge in [0.1, 0.15) is 0 Å². The summed E-state index contributed by atoms with van der Waals surface area (Å²) < 4.78 is 35.5. The van der Waals surface area contributed by atoms with Crippen LogP contribution in [-0.4, -0.2) is 55.2 Å². The average Bonchev–Trinajstić information content (AvgIpc) is 2.21. The molecule has 7 heteroatoms. The van der Waals surface area contributed by atoms with Gasteiger partial charge in [-0.3, -0.25) is 9.69 Å². The van der Waals surface area contributed by atoms with E-state index < -0.39 is 18.6 Å². The van der Waals surface area contributed by atoms with Gasteiger partial charge in [0, 0.05) is 25.2 Å². The number of alkyl halides is 3. The first-order valence-electron chi connectivity index (χ1n) is 6.43. The summed E-state index contributed by atoms with van der Waals surface area (Å²) >= 11 is 0. The number of nitrogens with zero attached hydrogens (tertiary/aromatic N) is 1. The Morgan fingerprint density at radius 3 is 2.11 bits per heavy atom. The highest BCUT2D eigenvalue weighted by Gasteiger charge is 2.26. The molecule has 0 aliphatic carbocycles. The fourth-order valence-electron chi connectivity index (χ4n) is 1.82. The van der Waals surface area contributed by atoms with Crippen molar-refractivity contribution in [3.05, 3.63) is 0 Å². The molecule has 4 nitrogen and oxygen atoms in total. The van der Waals surface area contributed by atoms with Gasteiger partial charge in [0.2, 0.25) is 5.91 Å². The molecule has 0 saturated heterocycles. The normalized spacial score (nSPS) is 12.5. The van der Waals surface area contributed by atoms with Crippen molar-refractivity contribution < 1.29 is 18.0 Å². The van der Waals surface area contributed by atoms with Crippen LogP contribution in [0, 0.1) is 0 Å². The number of hydrogen-bond donors (Lipinski definition) is 2. The number of amides is 1. The second-order valence-electron chi connectivity index (χ2n) is 4.99. The van der Waals surface area contributed by atoms with E-state index in [1.807, 2.05) is 0 Å². The lowest BCUT2D eigenvalue weighted by molar-refractivity contribution is -0.128. The molecule has 0 aliphatic rings. The zero-order chi connectivity index (χ0) is 15.1. The first-order chi connectivity index (χ1) is 8.63. The molecule has 1 amide bonds. The number of halogens is 3. The van der Waals surface area contributed by atoms with Crippen LogP contribution in [0.2, 0.25) is 0 Å². The molecule has 0 aromatic heterocycles. The van der Waals surface area contributed by atoms with Gasteiger partial charge in [-0.25, -0.2) is 0 Å². The Morgan fingerprint density at radius 1 is 1.16 bits per heavy atom. The lowest BCUT2D eigenvalue weighted by Crippen LogP contribution is -2.44. The van der Waals surface area contributed by atoms with Crippen molar-refractivity contribution >= 4 is 5.91 Å². The molecule has 0 saturated carbocycles. The van der Waals surface area contributed by atoms with E-state index >= 15 is 0 Å². The maximum Gasteiger partial charge on any atom is 0.401 e. The van der Waals surface area contributed by atoms with Crippen LogP contribution < -0.4 is 10.6 Å². The molecular formula is C12H24F3N3O. The second-order valence-corrected chi connectivity index (χ2v) is 4.99. The van der Waals surface area contributed by atoms with Crippen LogP contribution in [0.3, 0.4) is 0 Å². The maximum atomic E-state index is 11.8. The summed E-state index contributed by atoms with van der Waals surface area (Å²) in [7, 11) is 0. The molecule has 0 rings (SSSR count). The van der Waals surface area contributed by atoms with Crippen molar-refractivity contribution in [1.82, 2.24) is 15.5 Å². The zero-order valence-corrected chi connectivity index (χ0v) is 12.0. The van der Waals surface area contributed by atoms with Gasteiger partial charge in [0.15, 0.2) is 0 Å². The molecule has 0 atom stereocenters. The molecule has 0 bridgehead atoms. The molecule has 0 heterocycles. The first kappa shape index (κ1) is 18.2. The Labute approximate surface area is 112 Å². The molecule has 0 fully saturated rings. The van der Waals surface area contributed by atoms with Gasteiger partial charge in [0.25, 0.3) is 0 Å². The van der Waals surface area contributed by atoms with Crippen molar-refractivity contribution in [2.45, 2.75) is 46.0 Å². The third kappa shape index (κ3) is 9.72. The Morgan fingerprint density at radius 2 is 1.68 bits per heavy atom. The highest BCUT2D eigenvalue weighted by Crippen LogP contribution is 2.11. The second kappa shape index (κ2) is 8.37. The molecule has 0 radical (unpaired) electrons. The smallest absolute Gasteiger partial charge is 0.354 e. The van der Waals surface area contributed by atoms with E-state index in [0.717, 1.165) is 0 Å². The Bertz CT molecular complexity index is 259. The van der Waals surface area contributed by atoms with Crippen LogP contribution in [0.1, 0.15) is 27.7 Å². The molecule has 0 spiro atoms. The Kier molecular flexibility index (Phi) is 8.01. The van der Waals surface area contributed by atoms with Crippen LogP contribution >= 0.6 is 0 Å². The summed E-state index contributed by atoms with van der Waals surface area (Å²) in [5, 5.41) is 4.66. The molecule has 19 heavy (non-hydrogen) atoms. The molecule has 0 unspecified atom stereocenters. The molecule has 0 aliphatic heterocycles. The van der Waals surface area contributed by atoms with Gasteiger partial charge in [-0.15, -0.1) is 0 Å². The minimum atomic E-state index is -4.29. The monoisotopic (exact) mass is 283 g/mol. The number of nitrogens with one attached hydrogen (secondary N) is 2. The van der Waals surface area contributed by atoms with Crippen molar-refractivity contribution in [3.63, 3.8) is 0 Å². The molecule has 0 aromatic carbocycles. The van der Waals surface area contributed by atoms with E-state index in [1.165, 1.54) is 0 Å². The summed E-state index contributed by atoms with van der Waals surface area (Å²) in [5.41, 5.74) is 0. The van der Waals surface area contributed by atoms with E-state index in [4.69, 9.17) is 0 Å². The Balaban J connectivity index is 3.79. The third-order valence-electron chi connectivity index (χ3n) is 2.63. The van der Waals surface area contributed by atoms with Crippen molar-refractivity contribution in [3.8, 4) is 0 Å². The van der Waals surface area contributed by atoms with Crippen LogP contribution in [0.5, 0.6) is 0 Å². The number of rotatable bonds is 8. The van der Waals surface area contributed by atoms with Gasteiger partial charge in [0.05, 0.1) is 13.1 Å². The van der Waals surface area contributed by atoms with E-state index in [-0.39, 0.29) is 6.54 Å². The minimum Gasteiger partial charge on any atom is -0.354 e. The minimum absolute atomic E-state index is 0.317. The summed E-state index contributed by atoms with van der Waals surface area (Å²) in [5.74, 6) is -0.420. The first-order valence-corrected chi connectivity index (χ1v) is 6.43. The van der Waals surface area contributed by atoms with Crippen LogP contribution in [0.25, 0.3) is 0 Å². The van der Waals surface area contributed by atoms with Gasteiger partial charge in [-0.1, -0.05) is 0 Å². The highest BCUT2D eigenvalue weighted by atomic mass is 19.4. The lowest BCUT2D eigenvalue weighted by Gasteiger charge is -2.30. The summed E-state index contributed by atoms with van der Waals surface area (Å²) in [6.45, 7) is 7.90. The lowest BCUT2D eigenvalue weighted by atomic mass is 10.2. The molecular weight excluding hydrogens is 259 g/mol. The highest BCUT2D eigenvalue weighted by molar-refractivity contribution is 5.77.